The Labute approximate surface area is 173 Å². The standard InChI is InChI=1S/C22H34N4O3/c1-16(15-29-4)26-19(24-18-7-6-12-23-21(18)26)8-5-9-20(27)25-13-10-17(11-14-25)22(2,3)28/h6-7,12,16-17,28H,5,8-11,13-15H2,1-4H3/t16-/m1/s1. The number of fused-ring (bicyclic) bond motifs is 1. The normalized spacial score (nSPS) is 17.1. The van der Waals surface area contributed by atoms with Gasteiger partial charge in [0, 0.05) is 39.2 Å². The van der Waals surface area contributed by atoms with Crippen LogP contribution in [0.5, 0.6) is 0 Å². The predicted molar refractivity (Wildman–Crippen MR) is 113 cm³/mol. The van der Waals surface area contributed by atoms with Crippen LogP contribution in [0.4, 0.5) is 0 Å². The van der Waals surface area contributed by atoms with Gasteiger partial charge in [0.1, 0.15) is 11.3 Å². The molecule has 2 aromatic heterocycles. The smallest absolute Gasteiger partial charge is 0.222 e. The molecule has 0 saturated carbocycles. The number of hydrogen-bond acceptors (Lipinski definition) is 5. The molecule has 1 fully saturated rings. The molecular weight excluding hydrogens is 368 g/mol. The predicted octanol–water partition coefficient (Wildman–Crippen LogP) is 2.97. The lowest BCUT2D eigenvalue weighted by Gasteiger charge is -2.37. The topological polar surface area (TPSA) is 80.5 Å². The molecular formula is C22H34N4O3. The van der Waals surface area contributed by atoms with Crippen molar-refractivity contribution in [3.05, 3.63) is 24.2 Å². The number of ether oxygens (including phenoxy) is 1. The highest BCUT2D eigenvalue weighted by atomic mass is 16.5. The first-order chi connectivity index (χ1) is 13.8. The fourth-order valence-electron chi connectivity index (χ4n) is 4.32. The Morgan fingerprint density at radius 2 is 2.10 bits per heavy atom. The summed E-state index contributed by atoms with van der Waals surface area (Å²) in [6.07, 6.45) is 5.52. The molecule has 1 aliphatic rings. The molecule has 7 heteroatoms. The van der Waals surface area contributed by atoms with Crippen LogP contribution in [-0.4, -0.2) is 62.9 Å². The van der Waals surface area contributed by atoms with Crippen molar-refractivity contribution in [2.24, 2.45) is 5.92 Å². The van der Waals surface area contributed by atoms with Gasteiger partial charge in [-0.25, -0.2) is 9.97 Å². The molecule has 1 amide bonds. The molecule has 7 nitrogen and oxygen atoms in total. The van der Waals surface area contributed by atoms with Crippen LogP contribution in [-0.2, 0) is 16.0 Å². The Morgan fingerprint density at radius 1 is 1.38 bits per heavy atom. The van der Waals surface area contributed by atoms with Crippen LogP contribution in [0.3, 0.4) is 0 Å². The lowest BCUT2D eigenvalue weighted by molar-refractivity contribution is -0.134. The zero-order valence-corrected chi connectivity index (χ0v) is 18.1. The van der Waals surface area contributed by atoms with E-state index in [2.05, 4.69) is 16.5 Å². The fourth-order valence-corrected chi connectivity index (χ4v) is 4.32. The van der Waals surface area contributed by atoms with E-state index in [0.717, 1.165) is 55.8 Å². The van der Waals surface area contributed by atoms with Crippen molar-refractivity contribution in [3.8, 4) is 0 Å². The third-order valence-electron chi connectivity index (χ3n) is 6.01. The number of rotatable bonds is 8. The summed E-state index contributed by atoms with van der Waals surface area (Å²) in [6, 6.07) is 4.00. The quantitative estimate of drug-likeness (QED) is 0.734. The van der Waals surface area contributed by atoms with Crippen molar-refractivity contribution < 1.29 is 14.6 Å². The highest BCUT2D eigenvalue weighted by Crippen LogP contribution is 2.28. The van der Waals surface area contributed by atoms with Crippen molar-refractivity contribution >= 4 is 17.1 Å². The minimum atomic E-state index is -0.666. The van der Waals surface area contributed by atoms with Gasteiger partial charge in [0.2, 0.25) is 5.91 Å². The Kier molecular flexibility index (Phi) is 6.90. The number of pyridine rings is 1. The van der Waals surface area contributed by atoms with Crippen LogP contribution in [0.25, 0.3) is 11.2 Å². The monoisotopic (exact) mass is 402 g/mol. The number of amides is 1. The number of aryl methyl sites for hydroxylation is 1. The molecule has 0 spiro atoms. The summed E-state index contributed by atoms with van der Waals surface area (Å²) >= 11 is 0. The zero-order chi connectivity index (χ0) is 21.0. The number of hydrogen-bond donors (Lipinski definition) is 1. The van der Waals surface area contributed by atoms with E-state index in [1.807, 2.05) is 30.9 Å². The molecule has 0 radical (unpaired) electrons. The van der Waals surface area contributed by atoms with Gasteiger partial charge >= 0.3 is 0 Å². The van der Waals surface area contributed by atoms with E-state index in [1.165, 1.54) is 0 Å². The van der Waals surface area contributed by atoms with Crippen molar-refractivity contribution in [2.45, 2.75) is 64.5 Å². The fraction of sp³-hybridized carbons (Fsp3) is 0.682. The van der Waals surface area contributed by atoms with Gasteiger partial charge in [-0.05, 0) is 58.1 Å². The number of likely N-dealkylation sites (tertiary alicyclic amines) is 1. The van der Waals surface area contributed by atoms with E-state index < -0.39 is 5.60 Å². The van der Waals surface area contributed by atoms with E-state index in [0.29, 0.717) is 13.0 Å². The SMILES string of the molecule is COC[C@@H](C)n1c(CCCC(=O)N2CCC(C(C)(C)O)CC2)nc2cccnc21. The lowest BCUT2D eigenvalue weighted by Crippen LogP contribution is -2.44. The molecule has 2 aromatic rings. The maximum Gasteiger partial charge on any atom is 0.222 e. The number of aliphatic hydroxyl groups is 1. The number of nitrogens with zero attached hydrogens (tertiary/aromatic N) is 4. The van der Waals surface area contributed by atoms with Gasteiger partial charge < -0.3 is 19.3 Å². The van der Waals surface area contributed by atoms with Crippen molar-refractivity contribution in [2.75, 3.05) is 26.8 Å². The largest absolute Gasteiger partial charge is 0.390 e. The van der Waals surface area contributed by atoms with Crippen molar-refractivity contribution in [1.29, 1.82) is 0 Å². The van der Waals surface area contributed by atoms with E-state index in [-0.39, 0.29) is 17.9 Å². The van der Waals surface area contributed by atoms with Gasteiger partial charge in [0.15, 0.2) is 5.65 Å². The summed E-state index contributed by atoms with van der Waals surface area (Å²) in [5.41, 5.74) is 1.08. The molecule has 1 saturated heterocycles. The molecule has 160 valence electrons. The molecule has 0 unspecified atom stereocenters. The zero-order valence-electron chi connectivity index (χ0n) is 18.1. The van der Waals surface area contributed by atoms with Gasteiger partial charge in [-0.15, -0.1) is 0 Å². The number of methoxy groups -OCH3 is 1. The third kappa shape index (κ3) is 5.14. The van der Waals surface area contributed by atoms with E-state index in [4.69, 9.17) is 9.72 Å². The van der Waals surface area contributed by atoms with Gasteiger partial charge in [0.05, 0.1) is 18.2 Å². The summed E-state index contributed by atoms with van der Waals surface area (Å²) in [6.45, 7) is 7.88. The highest BCUT2D eigenvalue weighted by Gasteiger charge is 2.31. The van der Waals surface area contributed by atoms with Crippen molar-refractivity contribution in [1.82, 2.24) is 19.4 Å². The van der Waals surface area contributed by atoms with Crippen molar-refractivity contribution in [3.63, 3.8) is 0 Å². The summed E-state index contributed by atoms with van der Waals surface area (Å²) in [7, 11) is 1.70. The van der Waals surface area contributed by atoms with Gasteiger partial charge in [-0.3, -0.25) is 4.79 Å². The molecule has 0 aromatic carbocycles. The van der Waals surface area contributed by atoms with Crippen LogP contribution in [0.2, 0.25) is 0 Å². The first-order valence-electron chi connectivity index (χ1n) is 10.6. The Bertz CT molecular complexity index is 819. The second-order valence-electron chi connectivity index (χ2n) is 8.71. The van der Waals surface area contributed by atoms with E-state index in [9.17, 15) is 9.90 Å². The van der Waals surface area contributed by atoms with Crippen LogP contribution in [0, 0.1) is 5.92 Å². The van der Waals surface area contributed by atoms with Gasteiger partial charge in [-0.2, -0.15) is 0 Å². The third-order valence-corrected chi connectivity index (χ3v) is 6.01. The van der Waals surface area contributed by atoms with Crippen LogP contribution < -0.4 is 0 Å². The van der Waals surface area contributed by atoms with Gasteiger partial charge in [0.25, 0.3) is 0 Å². The average molecular weight is 403 g/mol. The molecule has 0 bridgehead atoms. The maximum absolute atomic E-state index is 12.6. The molecule has 0 aliphatic carbocycles. The molecule has 3 rings (SSSR count). The second-order valence-corrected chi connectivity index (χ2v) is 8.71. The Balaban J connectivity index is 1.58. The second kappa shape index (κ2) is 9.22. The minimum Gasteiger partial charge on any atom is -0.390 e. The first kappa shape index (κ1) is 21.7. The first-order valence-corrected chi connectivity index (χ1v) is 10.6. The maximum atomic E-state index is 12.6. The Hall–Kier alpha value is -1.99. The molecule has 1 N–H and O–H groups in total. The summed E-state index contributed by atoms with van der Waals surface area (Å²) in [5.74, 6) is 1.42. The van der Waals surface area contributed by atoms with Crippen LogP contribution in [0.15, 0.2) is 18.3 Å². The minimum absolute atomic E-state index is 0.131. The number of carbonyl (C=O) groups excluding carboxylic acids is 1. The summed E-state index contributed by atoms with van der Waals surface area (Å²) < 4.78 is 7.47. The molecule has 1 atom stereocenters. The number of carbonyl (C=O) groups is 1. The lowest BCUT2D eigenvalue weighted by atomic mass is 9.83. The summed E-state index contributed by atoms with van der Waals surface area (Å²) in [4.78, 5) is 23.8. The molecule has 1 aliphatic heterocycles. The number of imidazole rings is 1. The van der Waals surface area contributed by atoms with E-state index in [1.54, 1.807) is 13.3 Å². The summed E-state index contributed by atoms with van der Waals surface area (Å²) in [5, 5.41) is 10.2. The number of piperidine rings is 1. The van der Waals surface area contributed by atoms with Gasteiger partial charge in [-0.1, -0.05) is 0 Å². The highest BCUT2D eigenvalue weighted by molar-refractivity contribution is 5.76. The van der Waals surface area contributed by atoms with Crippen LogP contribution in [0.1, 0.15) is 58.3 Å². The average Bonchev–Trinajstić information content (AvgIpc) is 3.06. The molecule has 29 heavy (non-hydrogen) atoms. The molecule has 3 heterocycles. The van der Waals surface area contributed by atoms with E-state index >= 15 is 0 Å². The van der Waals surface area contributed by atoms with Crippen LogP contribution >= 0.6 is 0 Å². The number of aromatic nitrogens is 3. The Morgan fingerprint density at radius 3 is 2.76 bits per heavy atom.